The summed E-state index contributed by atoms with van der Waals surface area (Å²) >= 11 is 0. The van der Waals surface area contributed by atoms with Gasteiger partial charge in [-0.3, -0.25) is 4.79 Å². The zero-order chi connectivity index (χ0) is 19.8. The predicted molar refractivity (Wildman–Crippen MR) is 111 cm³/mol. The van der Waals surface area contributed by atoms with Gasteiger partial charge in [-0.15, -0.1) is 0 Å². The van der Waals surface area contributed by atoms with Crippen molar-refractivity contribution in [2.75, 3.05) is 6.54 Å². The maximum Gasteiger partial charge on any atom is 0.220 e. The Morgan fingerprint density at radius 1 is 1.14 bits per heavy atom. The number of aryl methyl sites for hydroxylation is 1. The van der Waals surface area contributed by atoms with Gasteiger partial charge in [-0.2, -0.15) is 0 Å². The molecule has 4 aliphatic rings. The lowest BCUT2D eigenvalue weighted by molar-refractivity contribution is -0.147. The summed E-state index contributed by atoms with van der Waals surface area (Å²) in [5.41, 5.74) is 1.26. The van der Waals surface area contributed by atoms with E-state index in [0.29, 0.717) is 36.6 Å². The molecule has 6 rings (SSSR count). The minimum atomic E-state index is -0.117. The second-order valence-corrected chi connectivity index (χ2v) is 9.43. The van der Waals surface area contributed by atoms with E-state index in [1.807, 2.05) is 17.1 Å². The Balaban J connectivity index is 1.31. The zero-order valence-electron chi connectivity index (χ0n) is 16.9. The SMILES string of the molecule is O=C(CC1(c2ccccc2)C2CC3CC1CC(C2)C3O)NCCCn1ccnc1. The summed E-state index contributed by atoms with van der Waals surface area (Å²) < 4.78 is 2.04. The predicted octanol–water partition coefficient (Wildman–Crippen LogP) is 3.14. The monoisotopic (exact) mass is 393 g/mol. The molecule has 0 radical (unpaired) electrons. The summed E-state index contributed by atoms with van der Waals surface area (Å²) in [5.74, 6) is 2.06. The molecule has 1 amide bonds. The number of hydrogen-bond acceptors (Lipinski definition) is 3. The topological polar surface area (TPSA) is 67.2 Å². The molecular formula is C24H31N3O2. The molecule has 29 heavy (non-hydrogen) atoms. The van der Waals surface area contributed by atoms with Crippen molar-refractivity contribution in [1.82, 2.24) is 14.9 Å². The largest absolute Gasteiger partial charge is 0.393 e. The quantitative estimate of drug-likeness (QED) is 0.710. The molecule has 0 spiro atoms. The number of aromatic nitrogens is 2. The first kappa shape index (κ1) is 18.9. The van der Waals surface area contributed by atoms with Crippen LogP contribution in [0.4, 0.5) is 0 Å². The first-order valence-corrected chi connectivity index (χ1v) is 11.1. The third-order valence-corrected chi connectivity index (χ3v) is 8.01. The van der Waals surface area contributed by atoms with E-state index in [1.54, 1.807) is 6.20 Å². The Morgan fingerprint density at radius 2 is 1.83 bits per heavy atom. The molecule has 5 nitrogen and oxygen atoms in total. The van der Waals surface area contributed by atoms with Crippen LogP contribution in [-0.4, -0.2) is 33.2 Å². The number of carbonyl (C=O) groups excluding carboxylic acids is 1. The van der Waals surface area contributed by atoms with Gasteiger partial charge < -0.3 is 15.0 Å². The number of benzene rings is 1. The summed E-state index contributed by atoms with van der Waals surface area (Å²) in [6, 6.07) is 10.7. The van der Waals surface area contributed by atoms with E-state index in [0.717, 1.165) is 38.6 Å². The molecule has 4 saturated carbocycles. The molecule has 0 unspecified atom stereocenters. The average molecular weight is 394 g/mol. The lowest BCUT2D eigenvalue weighted by atomic mass is 9.42. The van der Waals surface area contributed by atoms with Crippen LogP contribution < -0.4 is 5.32 Å². The van der Waals surface area contributed by atoms with Crippen molar-refractivity contribution < 1.29 is 9.90 Å². The highest BCUT2D eigenvalue weighted by Crippen LogP contribution is 2.64. The maximum atomic E-state index is 13.1. The van der Waals surface area contributed by atoms with Crippen molar-refractivity contribution >= 4 is 5.91 Å². The minimum absolute atomic E-state index is 0.0666. The van der Waals surface area contributed by atoms with Gasteiger partial charge in [0.1, 0.15) is 0 Å². The number of nitrogens with one attached hydrogen (secondary N) is 1. The molecule has 4 bridgehead atoms. The molecule has 1 heterocycles. The fourth-order valence-electron chi connectivity index (χ4n) is 6.81. The normalized spacial score (nSPS) is 35.0. The summed E-state index contributed by atoms with van der Waals surface area (Å²) in [7, 11) is 0. The Kier molecular flexibility index (Phi) is 4.94. The summed E-state index contributed by atoms with van der Waals surface area (Å²) in [6.07, 6.45) is 11.2. The van der Waals surface area contributed by atoms with Crippen LogP contribution in [0.5, 0.6) is 0 Å². The zero-order valence-corrected chi connectivity index (χ0v) is 16.9. The first-order chi connectivity index (χ1) is 14.2. The van der Waals surface area contributed by atoms with E-state index in [1.165, 1.54) is 5.56 Å². The highest BCUT2D eigenvalue weighted by Gasteiger charge is 2.60. The van der Waals surface area contributed by atoms with Crippen molar-refractivity contribution in [3.63, 3.8) is 0 Å². The Hall–Kier alpha value is -2.14. The number of aliphatic hydroxyl groups is 1. The fraction of sp³-hybridized carbons (Fsp3) is 0.583. The number of hydrogen-bond donors (Lipinski definition) is 2. The third kappa shape index (κ3) is 3.29. The smallest absolute Gasteiger partial charge is 0.220 e. The van der Waals surface area contributed by atoms with Crippen molar-refractivity contribution in [3.05, 3.63) is 54.6 Å². The fourth-order valence-corrected chi connectivity index (χ4v) is 6.81. The number of nitrogens with zero attached hydrogens (tertiary/aromatic N) is 2. The number of rotatable bonds is 7. The Bertz CT molecular complexity index is 803. The molecule has 1 aromatic carbocycles. The van der Waals surface area contributed by atoms with E-state index in [-0.39, 0.29) is 17.4 Å². The molecule has 0 atom stereocenters. The molecule has 4 fully saturated rings. The van der Waals surface area contributed by atoms with Crippen LogP contribution in [-0.2, 0) is 16.8 Å². The van der Waals surface area contributed by atoms with Crippen LogP contribution in [0.25, 0.3) is 0 Å². The maximum absolute atomic E-state index is 13.1. The average Bonchev–Trinajstić information content (AvgIpc) is 3.24. The van der Waals surface area contributed by atoms with Gasteiger partial charge in [0.05, 0.1) is 12.4 Å². The summed E-state index contributed by atoms with van der Waals surface area (Å²) in [5, 5.41) is 13.8. The van der Waals surface area contributed by atoms with E-state index in [9.17, 15) is 9.90 Å². The molecule has 5 heteroatoms. The molecule has 0 saturated heterocycles. The van der Waals surface area contributed by atoms with Crippen LogP contribution in [0.2, 0.25) is 0 Å². The van der Waals surface area contributed by atoms with Gasteiger partial charge in [0.15, 0.2) is 0 Å². The lowest BCUT2D eigenvalue weighted by Gasteiger charge is -2.63. The molecule has 4 aliphatic carbocycles. The molecular weight excluding hydrogens is 362 g/mol. The number of amides is 1. The van der Waals surface area contributed by atoms with Gasteiger partial charge in [0.25, 0.3) is 0 Å². The van der Waals surface area contributed by atoms with Crippen LogP contribution in [0, 0.1) is 23.7 Å². The van der Waals surface area contributed by atoms with Gasteiger partial charge >= 0.3 is 0 Å². The van der Waals surface area contributed by atoms with Crippen molar-refractivity contribution in [3.8, 4) is 0 Å². The van der Waals surface area contributed by atoms with Crippen LogP contribution >= 0.6 is 0 Å². The van der Waals surface area contributed by atoms with Crippen LogP contribution in [0.15, 0.2) is 49.1 Å². The molecule has 154 valence electrons. The van der Waals surface area contributed by atoms with Crippen molar-refractivity contribution in [2.24, 2.45) is 23.7 Å². The van der Waals surface area contributed by atoms with E-state index in [2.05, 4.69) is 40.6 Å². The summed E-state index contributed by atoms with van der Waals surface area (Å²) in [6.45, 7) is 1.57. The molecule has 1 aromatic heterocycles. The molecule has 2 aromatic rings. The van der Waals surface area contributed by atoms with Gasteiger partial charge in [0.2, 0.25) is 5.91 Å². The van der Waals surface area contributed by atoms with Gasteiger partial charge in [-0.1, -0.05) is 30.3 Å². The highest BCUT2D eigenvalue weighted by molar-refractivity contribution is 5.78. The number of carbonyl (C=O) groups is 1. The molecule has 0 aliphatic heterocycles. The second-order valence-electron chi connectivity index (χ2n) is 9.43. The highest BCUT2D eigenvalue weighted by atomic mass is 16.3. The van der Waals surface area contributed by atoms with Gasteiger partial charge in [-0.25, -0.2) is 4.98 Å². The van der Waals surface area contributed by atoms with Gasteiger partial charge in [0, 0.05) is 37.3 Å². The number of imidazole rings is 1. The lowest BCUT2D eigenvalue weighted by Crippen LogP contribution is -2.61. The van der Waals surface area contributed by atoms with Crippen molar-refractivity contribution in [2.45, 2.75) is 56.6 Å². The third-order valence-electron chi connectivity index (χ3n) is 8.01. The van der Waals surface area contributed by atoms with Gasteiger partial charge in [-0.05, 0) is 61.3 Å². The second kappa shape index (κ2) is 7.60. The van der Waals surface area contributed by atoms with E-state index in [4.69, 9.17) is 0 Å². The Labute approximate surface area is 172 Å². The summed E-state index contributed by atoms with van der Waals surface area (Å²) in [4.78, 5) is 17.1. The molecule has 2 N–H and O–H groups in total. The number of aliphatic hydroxyl groups excluding tert-OH is 1. The Morgan fingerprint density at radius 3 is 2.45 bits per heavy atom. The van der Waals surface area contributed by atoms with E-state index >= 15 is 0 Å². The first-order valence-electron chi connectivity index (χ1n) is 11.1. The minimum Gasteiger partial charge on any atom is -0.393 e. The van der Waals surface area contributed by atoms with Crippen molar-refractivity contribution in [1.29, 1.82) is 0 Å². The van der Waals surface area contributed by atoms with Crippen LogP contribution in [0.1, 0.15) is 44.1 Å². The van der Waals surface area contributed by atoms with E-state index < -0.39 is 0 Å². The van der Waals surface area contributed by atoms with Crippen LogP contribution in [0.3, 0.4) is 0 Å². The standard InChI is InChI=1S/C24H31N3O2/c28-22(26-7-4-9-27-10-8-25-16-27)15-24(19-5-2-1-3-6-19)20-11-17-12-21(24)14-18(13-20)23(17)29/h1-3,5-6,8,10,16-18,20-21,23,29H,4,7,9,11-15H2,(H,26,28).